The Bertz CT molecular complexity index is 365. The van der Waals surface area contributed by atoms with Crippen molar-refractivity contribution in [3.63, 3.8) is 0 Å². The first kappa shape index (κ1) is 11.5. The van der Waals surface area contributed by atoms with Gasteiger partial charge in [0.2, 0.25) is 0 Å². The van der Waals surface area contributed by atoms with Gasteiger partial charge in [-0.05, 0) is 12.5 Å². The Kier molecular flexibility index (Phi) is 2.72. The third-order valence-electron chi connectivity index (χ3n) is 3.15. The van der Waals surface area contributed by atoms with Crippen molar-refractivity contribution in [2.75, 3.05) is 6.54 Å². The summed E-state index contributed by atoms with van der Waals surface area (Å²) < 4.78 is 26.1. The van der Waals surface area contributed by atoms with Crippen LogP contribution in [-0.4, -0.2) is 23.6 Å². The van der Waals surface area contributed by atoms with Crippen LogP contribution < -0.4 is 5.32 Å². The SMILES string of the molecule is C[C@@](O)(c1ccccc1)[C@@H]1CC(F)(F)CN1. The van der Waals surface area contributed by atoms with Gasteiger partial charge in [0.25, 0.3) is 5.92 Å². The molecule has 88 valence electrons. The first-order chi connectivity index (χ1) is 7.42. The van der Waals surface area contributed by atoms with E-state index in [0.29, 0.717) is 5.56 Å². The van der Waals surface area contributed by atoms with Crippen LogP contribution >= 0.6 is 0 Å². The minimum Gasteiger partial charge on any atom is -0.384 e. The maximum absolute atomic E-state index is 13.1. The highest BCUT2D eigenvalue weighted by atomic mass is 19.3. The number of halogens is 2. The van der Waals surface area contributed by atoms with Crippen LogP contribution in [0.1, 0.15) is 18.9 Å². The zero-order valence-electron chi connectivity index (χ0n) is 9.08. The van der Waals surface area contributed by atoms with E-state index >= 15 is 0 Å². The molecule has 2 rings (SSSR count). The second-order valence-electron chi connectivity index (χ2n) is 4.51. The van der Waals surface area contributed by atoms with Crippen molar-refractivity contribution in [2.45, 2.75) is 30.9 Å². The highest BCUT2D eigenvalue weighted by Gasteiger charge is 2.47. The molecule has 0 aromatic heterocycles. The molecule has 1 saturated heterocycles. The molecule has 4 heteroatoms. The molecule has 0 spiro atoms. The molecular weight excluding hydrogens is 212 g/mol. The zero-order valence-corrected chi connectivity index (χ0v) is 9.08. The lowest BCUT2D eigenvalue weighted by atomic mass is 9.87. The van der Waals surface area contributed by atoms with Gasteiger partial charge >= 0.3 is 0 Å². The highest BCUT2D eigenvalue weighted by Crippen LogP contribution is 2.35. The van der Waals surface area contributed by atoms with Gasteiger partial charge in [-0.1, -0.05) is 30.3 Å². The van der Waals surface area contributed by atoms with Crippen molar-refractivity contribution < 1.29 is 13.9 Å². The molecule has 2 atom stereocenters. The van der Waals surface area contributed by atoms with E-state index in [0.717, 1.165) is 0 Å². The average molecular weight is 227 g/mol. The summed E-state index contributed by atoms with van der Waals surface area (Å²) in [4.78, 5) is 0. The predicted octanol–water partition coefficient (Wildman–Crippen LogP) is 1.89. The Labute approximate surface area is 93.3 Å². The first-order valence-corrected chi connectivity index (χ1v) is 5.31. The second kappa shape index (κ2) is 3.79. The van der Waals surface area contributed by atoms with Gasteiger partial charge in [0.05, 0.1) is 6.54 Å². The Morgan fingerprint density at radius 1 is 1.38 bits per heavy atom. The van der Waals surface area contributed by atoms with Crippen LogP contribution in [0.25, 0.3) is 0 Å². The minimum absolute atomic E-state index is 0.325. The molecular formula is C12H15F2NO. The van der Waals surface area contributed by atoms with Gasteiger partial charge in [-0.3, -0.25) is 0 Å². The Morgan fingerprint density at radius 3 is 2.50 bits per heavy atom. The lowest BCUT2D eigenvalue weighted by Crippen LogP contribution is -2.42. The topological polar surface area (TPSA) is 32.3 Å². The fourth-order valence-electron chi connectivity index (χ4n) is 2.09. The van der Waals surface area contributed by atoms with Crippen molar-refractivity contribution in [3.8, 4) is 0 Å². The minimum atomic E-state index is -2.72. The van der Waals surface area contributed by atoms with E-state index in [2.05, 4.69) is 5.32 Å². The van der Waals surface area contributed by atoms with E-state index < -0.39 is 17.6 Å². The fourth-order valence-corrected chi connectivity index (χ4v) is 2.09. The number of aliphatic hydroxyl groups is 1. The summed E-state index contributed by atoms with van der Waals surface area (Å²) in [6.07, 6.45) is -0.325. The number of alkyl halides is 2. The predicted molar refractivity (Wildman–Crippen MR) is 57.4 cm³/mol. The van der Waals surface area contributed by atoms with E-state index in [1.54, 1.807) is 31.2 Å². The van der Waals surface area contributed by atoms with E-state index in [1.807, 2.05) is 6.07 Å². The lowest BCUT2D eigenvalue weighted by Gasteiger charge is -2.30. The molecule has 1 aliphatic rings. The van der Waals surface area contributed by atoms with Crippen molar-refractivity contribution >= 4 is 0 Å². The quantitative estimate of drug-likeness (QED) is 0.808. The number of hydrogen-bond donors (Lipinski definition) is 2. The second-order valence-corrected chi connectivity index (χ2v) is 4.51. The molecule has 0 radical (unpaired) electrons. The highest BCUT2D eigenvalue weighted by molar-refractivity contribution is 5.24. The third-order valence-corrected chi connectivity index (χ3v) is 3.15. The van der Waals surface area contributed by atoms with Gasteiger partial charge in [-0.15, -0.1) is 0 Å². The number of hydrogen-bond acceptors (Lipinski definition) is 2. The Balaban J connectivity index is 2.21. The Hall–Kier alpha value is -1.00. The smallest absolute Gasteiger partial charge is 0.261 e. The number of rotatable bonds is 2. The molecule has 1 heterocycles. The summed E-state index contributed by atoms with van der Waals surface area (Å²) >= 11 is 0. The van der Waals surface area contributed by atoms with Crippen molar-refractivity contribution in [3.05, 3.63) is 35.9 Å². The summed E-state index contributed by atoms with van der Waals surface area (Å²) in [5, 5.41) is 13.0. The summed E-state index contributed by atoms with van der Waals surface area (Å²) in [6, 6.07) is 8.30. The normalized spacial score (nSPS) is 27.6. The van der Waals surface area contributed by atoms with Crippen LogP contribution in [0.4, 0.5) is 8.78 Å². The van der Waals surface area contributed by atoms with Crippen LogP contribution in [-0.2, 0) is 5.60 Å². The van der Waals surface area contributed by atoms with Crippen LogP contribution in [0.15, 0.2) is 30.3 Å². The van der Waals surface area contributed by atoms with Crippen LogP contribution in [0, 0.1) is 0 Å². The van der Waals surface area contributed by atoms with Gasteiger partial charge in [0.1, 0.15) is 5.60 Å². The molecule has 0 unspecified atom stereocenters. The van der Waals surface area contributed by atoms with Gasteiger partial charge in [0.15, 0.2) is 0 Å². The van der Waals surface area contributed by atoms with Gasteiger partial charge < -0.3 is 10.4 Å². The standard InChI is InChI=1S/C12H15F2NO/c1-11(16,9-5-3-2-4-6-9)10-7-12(13,14)8-15-10/h2-6,10,15-16H,7-8H2,1H3/t10-,11+/m0/s1. The monoisotopic (exact) mass is 227 g/mol. The molecule has 16 heavy (non-hydrogen) atoms. The molecule has 0 amide bonds. The largest absolute Gasteiger partial charge is 0.384 e. The average Bonchev–Trinajstić information content (AvgIpc) is 2.61. The molecule has 1 fully saturated rings. The summed E-state index contributed by atoms with van der Waals surface area (Å²) in [7, 11) is 0. The van der Waals surface area contributed by atoms with Crippen molar-refractivity contribution in [1.29, 1.82) is 0 Å². The van der Waals surface area contributed by atoms with Crippen molar-refractivity contribution in [1.82, 2.24) is 5.32 Å². The summed E-state index contributed by atoms with van der Waals surface area (Å²) in [5.41, 5.74) is -0.605. The maximum atomic E-state index is 13.1. The van der Waals surface area contributed by atoms with Gasteiger partial charge in [0, 0.05) is 12.5 Å². The summed E-state index contributed by atoms with van der Waals surface area (Å²) in [5.74, 6) is -2.72. The molecule has 0 bridgehead atoms. The van der Waals surface area contributed by atoms with Gasteiger partial charge in [-0.25, -0.2) is 8.78 Å². The molecule has 2 nitrogen and oxygen atoms in total. The van der Waals surface area contributed by atoms with E-state index in [-0.39, 0.29) is 13.0 Å². The molecule has 2 N–H and O–H groups in total. The number of nitrogens with one attached hydrogen (secondary N) is 1. The molecule has 1 aliphatic heterocycles. The Morgan fingerprint density at radius 2 is 2.00 bits per heavy atom. The molecule has 1 aromatic carbocycles. The van der Waals surface area contributed by atoms with Gasteiger partial charge in [-0.2, -0.15) is 0 Å². The molecule has 0 saturated carbocycles. The summed E-state index contributed by atoms with van der Waals surface area (Å²) in [6.45, 7) is 1.21. The fraction of sp³-hybridized carbons (Fsp3) is 0.500. The van der Waals surface area contributed by atoms with Crippen molar-refractivity contribution in [2.24, 2.45) is 0 Å². The van der Waals surface area contributed by atoms with Crippen LogP contribution in [0.5, 0.6) is 0 Å². The van der Waals surface area contributed by atoms with E-state index in [4.69, 9.17) is 0 Å². The van der Waals surface area contributed by atoms with E-state index in [9.17, 15) is 13.9 Å². The lowest BCUT2D eigenvalue weighted by molar-refractivity contribution is -0.0116. The zero-order chi connectivity index (χ0) is 11.8. The molecule has 1 aromatic rings. The third kappa shape index (κ3) is 2.08. The molecule has 0 aliphatic carbocycles. The number of benzene rings is 1. The maximum Gasteiger partial charge on any atom is 0.261 e. The van der Waals surface area contributed by atoms with Crippen LogP contribution in [0.3, 0.4) is 0 Å². The van der Waals surface area contributed by atoms with Crippen LogP contribution in [0.2, 0.25) is 0 Å². The first-order valence-electron chi connectivity index (χ1n) is 5.31. The van der Waals surface area contributed by atoms with E-state index in [1.165, 1.54) is 0 Å².